The van der Waals surface area contributed by atoms with E-state index in [1.165, 1.54) is 6.07 Å². The normalized spacial score (nSPS) is 20.9. The highest BCUT2D eigenvalue weighted by atomic mass is 19.1. The van der Waals surface area contributed by atoms with Crippen LogP contribution in [0.15, 0.2) is 18.2 Å². The highest BCUT2D eigenvalue weighted by Crippen LogP contribution is 2.26. The molecule has 114 valence electrons. The Kier molecular flexibility index (Phi) is 4.57. The first-order valence-corrected chi connectivity index (χ1v) is 6.91. The number of piperazine rings is 1. The van der Waals surface area contributed by atoms with Crippen LogP contribution in [0.5, 0.6) is 0 Å². The van der Waals surface area contributed by atoms with E-state index in [4.69, 9.17) is 5.11 Å². The molecule has 1 heterocycles. The predicted molar refractivity (Wildman–Crippen MR) is 75.3 cm³/mol. The molecule has 0 spiro atoms. The smallest absolute Gasteiger partial charge is 0.305 e. The van der Waals surface area contributed by atoms with Gasteiger partial charge in [0.15, 0.2) is 0 Å². The maximum absolute atomic E-state index is 13.7. The zero-order valence-corrected chi connectivity index (χ0v) is 12.1. The number of carboxylic acids is 1. The molecule has 0 saturated carbocycles. The average Bonchev–Trinajstić information content (AvgIpc) is 2.43. The quantitative estimate of drug-likeness (QED) is 0.882. The summed E-state index contributed by atoms with van der Waals surface area (Å²) in [6, 6.07) is 4.00. The molecular formula is C15H19FN2O3. The van der Waals surface area contributed by atoms with Gasteiger partial charge in [0.1, 0.15) is 11.9 Å². The summed E-state index contributed by atoms with van der Waals surface area (Å²) in [5.74, 6) is -1.61. The van der Waals surface area contributed by atoms with Crippen LogP contribution in [-0.2, 0) is 9.59 Å². The van der Waals surface area contributed by atoms with Crippen LogP contribution in [0.1, 0.15) is 30.5 Å². The second-order valence-corrected chi connectivity index (χ2v) is 5.33. The molecule has 1 aliphatic heterocycles. The van der Waals surface area contributed by atoms with Crippen molar-refractivity contribution in [3.63, 3.8) is 0 Å². The Morgan fingerprint density at radius 1 is 1.57 bits per heavy atom. The molecule has 2 N–H and O–H groups in total. The molecule has 0 aromatic heterocycles. The summed E-state index contributed by atoms with van der Waals surface area (Å²) in [4.78, 5) is 24.7. The lowest BCUT2D eigenvalue weighted by molar-refractivity contribution is -0.143. The lowest BCUT2D eigenvalue weighted by Gasteiger charge is -2.38. The van der Waals surface area contributed by atoms with E-state index in [2.05, 4.69) is 5.32 Å². The van der Waals surface area contributed by atoms with Crippen molar-refractivity contribution in [3.8, 4) is 0 Å². The second-order valence-electron chi connectivity index (χ2n) is 5.33. The first-order valence-electron chi connectivity index (χ1n) is 6.91. The fraction of sp³-hybridized carbons (Fsp3) is 0.467. The minimum absolute atomic E-state index is 0.226. The van der Waals surface area contributed by atoms with Gasteiger partial charge in [0, 0.05) is 19.1 Å². The van der Waals surface area contributed by atoms with Gasteiger partial charge in [-0.25, -0.2) is 4.39 Å². The zero-order valence-electron chi connectivity index (χ0n) is 12.1. The number of halogens is 1. The number of hydrogen-bond donors (Lipinski definition) is 2. The number of amides is 1. The van der Waals surface area contributed by atoms with Crippen molar-refractivity contribution >= 4 is 11.9 Å². The van der Waals surface area contributed by atoms with Gasteiger partial charge in [-0.3, -0.25) is 14.5 Å². The Morgan fingerprint density at radius 3 is 2.90 bits per heavy atom. The van der Waals surface area contributed by atoms with Crippen molar-refractivity contribution in [3.05, 3.63) is 35.1 Å². The van der Waals surface area contributed by atoms with E-state index in [9.17, 15) is 14.0 Å². The van der Waals surface area contributed by atoms with Crippen LogP contribution in [0.3, 0.4) is 0 Å². The molecule has 1 aromatic carbocycles. The van der Waals surface area contributed by atoms with Crippen molar-refractivity contribution in [2.75, 3.05) is 13.1 Å². The third kappa shape index (κ3) is 3.39. The summed E-state index contributed by atoms with van der Waals surface area (Å²) in [7, 11) is 0. The highest BCUT2D eigenvalue weighted by molar-refractivity contribution is 5.86. The van der Waals surface area contributed by atoms with Gasteiger partial charge in [-0.05, 0) is 31.0 Å². The van der Waals surface area contributed by atoms with Gasteiger partial charge in [-0.15, -0.1) is 0 Å². The Bertz CT molecular complexity index is 562. The topological polar surface area (TPSA) is 69.6 Å². The Morgan fingerprint density at radius 2 is 2.29 bits per heavy atom. The fourth-order valence-electron chi connectivity index (χ4n) is 2.63. The van der Waals surface area contributed by atoms with Crippen LogP contribution < -0.4 is 5.32 Å². The second kappa shape index (κ2) is 6.22. The van der Waals surface area contributed by atoms with Gasteiger partial charge < -0.3 is 10.4 Å². The van der Waals surface area contributed by atoms with E-state index in [-0.39, 0.29) is 24.2 Å². The molecular weight excluding hydrogens is 275 g/mol. The van der Waals surface area contributed by atoms with Crippen molar-refractivity contribution in [2.24, 2.45) is 0 Å². The molecule has 1 aromatic rings. The number of hydrogen-bond acceptors (Lipinski definition) is 3. The largest absolute Gasteiger partial charge is 0.481 e. The number of nitrogens with one attached hydrogen (secondary N) is 1. The van der Waals surface area contributed by atoms with Crippen molar-refractivity contribution in [1.82, 2.24) is 10.2 Å². The maximum Gasteiger partial charge on any atom is 0.305 e. The summed E-state index contributed by atoms with van der Waals surface area (Å²) in [5.41, 5.74) is 1.30. The monoisotopic (exact) mass is 294 g/mol. The molecule has 5 nitrogen and oxygen atoms in total. The highest BCUT2D eigenvalue weighted by Gasteiger charge is 2.34. The molecule has 1 amide bonds. The first kappa shape index (κ1) is 15.4. The number of benzene rings is 1. The fourth-order valence-corrected chi connectivity index (χ4v) is 2.63. The van der Waals surface area contributed by atoms with Crippen molar-refractivity contribution in [1.29, 1.82) is 0 Å². The standard InChI is InChI=1S/C15H19FN2O3/c1-9-3-4-11(7-12(9)16)10(2)18-6-5-17-15(21)13(18)8-14(19)20/h3-4,7,10,13H,5-6,8H2,1-2H3,(H,17,21)(H,19,20). The number of aliphatic carboxylic acids is 1. The molecule has 6 heteroatoms. The third-order valence-electron chi connectivity index (χ3n) is 3.92. The molecule has 2 atom stereocenters. The molecule has 2 unspecified atom stereocenters. The number of nitrogens with zero attached hydrogens (tertiary/aromatic N) is 1. The summed E-state index contributed by atoms with van der Waals surface area (Å²) >= 11 is 0. The van der Waals surface area contributed by atoms with Crippen LogP contribution >= 0.6 is 0 Å². The Labute approximate surface area is 122 Å². The van der Waals surface area contributed by atoms with Crippen LogP contribution in [0, 0.1) is 12.7 Å². The van der Waals surface area contributed by atoms with Gasteiger partial charge in [-0.1, -0.05) is 12.1 Å². The Hall–Kier alpha value is -1.95. The predicted octanol–water partition coefficient (Wildman–Crippen LogP) is 1.47. The van der Waals surface area contributed by atoms with Crippen molar-refractivity contribution < 1.29 is 19.1 Å². The minimum atomic E-state index is -1.02. The molecule has 21 heavy (non-hydrogen) atoms. The number of aryl methyl sites for hydroxylation is 1. The van der Waals surface area contributed by atoms with Crippen LogP contribution in [0.25, 0.3) is 0 Å². The molecule has 1 fully saturated rings. The zero-order chi connectivity index (χ0) is 15.6. The van der Waals surface area contributed by atoms with E-state index < -0.39 is 12.0 Å². The first-order chi connectivity index (χ1) is 9.90. The number of carbonyl (C=O) groups excluding carboxylic acids is 1. The van der Waals surface area contributed by atoms with Crippen LogP contribution in [0.2, 0.25) is 0 Å². The van der Waals surface area contributed by atoms with Gasteiger partial charge in [-0.2, -0.15) is 0 Å². The Balaban J connectivity index is 2.25. The van der Waals surface area contributed by atoms with Crippen molar-refractivity contribution in [2.45, 2.75) is 32.4 Å². The lowest BCUT2D eigenvalue weighted by atomic mass is 10.00. The summed E-state index contributed by atoms with van der Waals surface area (Å²) in [6.07, 6.45) is -0.259. The average molecular weight is 294 g/mol. The molecule has 1 saturated heterocycles. The minimum Gasteiger partial charge on any atom is -0.481 e. The molecule has 0 radical (unpaired) electrons. The van der Waals surface area contributed by atoms with Gasteiger partial charge >= 0.3 is 5.97 Å². The number of carbonyl (C=O) groups is 2. The summed E-state index contributed by atoms with van der Waals surface area (Å²) in [5, 5.41) is 11.6. The van der Waals surface area contributed by atoms with Gasteiger partial charge in [0.05, 0.1) is 6.42 Å². The van der Waals surface area contributed by atoms with E-state index in [0.717, 1.165) is 5.56 Å². The lowest BCUT2D eigenvalue weighted by Crippen LogP contribution is -2.56. The van der Waals surface area contributed by atoms with Gasteiger partial charge in [0.2, 0.25) is 5.91 Å². The maximum atomic E-state index is 13.7. The molecule has 0 bridgehead atoms. The number of rotatable bonds is 4. The SMILES string of the molecule is Cc1ccc(C(C)N2CCNC(=O)C2CC(=O)O)cc1F. The van der Waals surface area contributed by atoms with E-state index in [0.29, 0.717) is 18.7 Å². The van der Waals surface area contributed by atoms with E-state index in [1.807, 2.05) is 17.9 Å². The van der Waals surface area contributed by atoms with Crippen LogP contribution in [-0.4, -0.2) is 41.0 Å². The van der Waals surface area contributed by atoms with Gasteiger partial charge in [0.25, 0.3) is 0 Å². The molecule has 1 aliphatic rings. The summed E-state index contributed by atoms with van der Waals surface area (Å²) in [6.45, 7) is 4.55. The third-order valence-corrected chi connectivity index (χ3v) is 3.92. The van der Waals surface area contributed by atoms with Crippen LogP contribution in [0.4, 0.5) is 4.39 Å². The molecule has 0 aliphatic carbocycles. The molecule has 2 rings (SSSR count). The van der Waals surface area contributed by atoms with E-state index in [1.54, 1.807) is 13.0 Å². The van der Waals surface area contributed by atoms with E-state index >= 15 is 0 Å². The summed E-state index contributed by atoms with van der Waals surface area (Å²) < 4.78 is 13.7. The number of carboxylic acid groups (broad SMARTS) is 1.